The van der Waals surface area contributed by atoms with Crippen molar-refractivity contribution in [3.63, 3.8) is 0 Å². The lowest BCUT2D eigenvalue weighted by atomic mass is 9.81. The second kappa shape index (κ2) is 7.66. The van der Waals surface area contributed by atoms with E-state index in [0.29, 0.717) is 29.7 Å². The number of Topliss-reactive ketones (excluding diaryl/α,β-unsaturated/α-hetero) is 1. The monoisotopic (exact) mass is 391 g/mol. The molecule has 0 aliphatic heterocycles. The Bertz CT molecular complexity index is 1060. The molecule has 1 aromatic heterocycles. The molecule has 0 saturated carbocycles. The van der Waals surface area contributed by atoms with Crippen molar-refractivity contribution in [2.75, 3.05) is 0 Å². The average molecular weight is 391 g/mol. The zero-order valence-electron chi connectivity index (χ0n) is 16.4. The van der Waals surface area contributed by atoms with E-state index in [4.69, 9.17) is 4.74 Å². The predicted octanol–water partition coefficient (Wildman–Crippen LogP) is 5.04. The topological polar surface area (TPSA) is 59.2 Å². The molecule has 0 saturated heterocycles. The minimum absolute atomic E-state index is 0.00749. The number of nitrogens with one attached hydrogen (secondary N) is 1. The summed E-state index contributed by atoms with van der Waals surface area (Å²) in [7, 11) is 0. The summed E-state index contributed by atoms with van der Waals surface area (Å²) < 4.78 is 18.7. The molecule has 1 heterocycles. The van der Waals surface area contributed by atoms with Crippen molar-refractivity contribution in [3.8, 4) is 0 Å². The van der Waals surface area contributed by atoms with Crippen molar-refractivity contribution in [2.24, 2.45) is 0 Å². The fourth-order valence-corrected chi connectivity index (χ4v) is 3.91. The number of carbonyl (C=O) groups is 2. The number of H-pyrrole nitrogens is 1. The van der Waals surface area contributed by atoms with Crippen LogP contribution in [-0.2, 0) is 17.8 Å². The molecular formula is C24H22FNO3. The molecule has 0 amide bonds. The molecule has 1 aliphatic rings. The first-order valence-electron chi connectivity index (χ1n) is 9.65. The van der Waals surface area contributed by atoms with Gasteiger partial charge in [-0.25, -0.2) is 9.18 Å². The Balaban J connectivity index is 1.53. The highest BCUT2D eigenvalue weighted by Gasteiger charge is 2.32. The van der Waals surface area contributed by atoms with Gasteiger partial charge in [-0.2, -0.15) is 0 Å². The Hall–Kier alpha value is -3.21. The molecule has 0 spiro atoms. The number of ether oxygens (including phenoxy) is 1. The van der Waals surface area contributed by atoms with Crippen LogP contribution >= 0.6 is 0 Å². The maximum Gasteiger partial charge on any atom is 0.355 e. The van der Waals surface area contributed by atoms with E-state index in [-0.39, 0.29) is 24.1 Å². The quantitative estimate of drug-likeness (QED) is 0.634. The van der Waals surface area contributed by atoms with Gasteiger partial charge < -0.3 is 9.72 Å². The van der Waals surface area contributed by atoms with Crippen LogP contribution in [0.2, 0.25) is 0 Å². The predicted molar refractivity (Wildman–Crippen MR) is 108 cm³/mol. The number of aromatic amines is 1. The van der Waals surface area contributed by atoms with Gasteiger partial charge in [0.2, 0.25) is 0 Å². The first kappa shape index (κ1) is 19.1. The molecule has 1 N–H and O–H groups in total. The van der Waals surface area contributed by atoms with Gasteiger partial charge in [-0.3, -0.25) is 4.79 Å². The van der Waals surface area contributed by atoms with Crippen molar-refractivity contribution in [2.45, 2.75) is 39.2 Å². The second-order valence-corrected chi connectivity index (χ2v) is 7.62. The van der Waals surface area contributed by atoms with Gasteiger partial charge in [0, 0.05) is 17.7 Å². The summed E-state index contributed by atoms with van der Waals surface area (Å²) in [5, 5.41) is 0. The SMILES string of the molecule is Cc1ccc(COC(=O)c2[nH]c3c(c2C)C(=O)CC(c2ccc(F)cc2)C3)cc1. The van der Waals surface area contributed by atoms with E-state index in [0.717, 1.165) is 22.4 Å². The van der Waals surface area contributed by atoms with Gasteiger partial charge in [-0.05, 0) is 55.0 Å². The van der Waals surface area contributed by atoms with E-state index in [1.807, 2.05) is 31.2 Å². The number of aryl methyl sites for hydroxylation is 1. The lowest BCUT2D eigenvalue weighted by Gasteiger charge is -2.22. The molecule has 4 nitrogen and oxygen atoms in total. The fourth-order valence-electron chi connectivity index (χ4n) is 3.91. The number of aromatic nitrogens is 1. The molecule has 2 aromatic carbocycles. The number of fused-ring (bicyclic) bond motifs is 1. The Labute approximate surface area is 168 Å². The highest BCUT2D eigenvalue weighted by atomic mass is 19.1. The summed E-state index contributed by atoms with van der Waals surface area (Å²) in [6.45, 7) is 3.95. The van der Waals surface area contributed by atoms with E-state index < -0.39 is 5.97 Å². The molecule has 0 fully saturated rings. The third-order valence-corrected chi connectivity index (χ3v) is 5.52. The minimum Gasteiger partial charge on any atom is -0.456 e. The summed E-state index contributed by atoms with van der Waals surface area (Å²) in [4.78, 5) is 28.5. The van der Waals surface area contributed by atoms with Crippen LogP contribution in [0.1, 0.15) is 61.1 Å². The molecule has 3 aromatic rings. The smallest absolute Gasteiger partial charge is 0.355 e. The van der Waals surface area contributed by atoms with Gasteiger partial charge >= 0.3 is 5.97 Å². The maximum atomic E-state index is 13.2. The van der Waals surface area contributed by atoms with Gasteiger partial charge in [0.15, 0.2) is 5.78 Å². The summed E-state index contributed by atoms with van der Waals surface area (Å²) >= 11 is 0. The number of rotatable bonds is 4. The summed E-state index contributed by atoms with van der Waals surface area (Å²) in [6.07, 6.45) is 0.938. The lowest BCUT2D eigenvalue weighted by Crippen LogP contribution is -2.18. The van der Waals surface area contributed by atoms with E-state index >= 15 is 0 Å². The molecule has 29 heavy (non-hydrogen) atoms. The van der Waals surface area contributed by atoms with Gasteiger partial charge in [-0.15, -0.1) is 0 Å². The first-order chi connectivity index (χ1) is 13.9. The van der Waals surface area contributed by atoms with Crippen LogP contribution in [0.5, 0.6) is 0 Å². The number of ketones is 1. The summed E-state index contributed by atoms with van der Waals surface area (Å²) in [5.41, 5.74) is 5.27. The number of benzene rings is 2. The Morgan fingerprint density at radius 3 is 2.45 bits per heavy atom. The molecule has 1 unspecified atom stereocenters. The molecule has 4 rings (SSSR count). The molecule has 1 atom stereocenters. The van der Waals surface area contributed by atoms with E-state index in [9.17, 15) is 14.0 Å². The van der Waals surface area contributed by atoms with Crippen LogP contribution in [0, 0.1) is 19.7 Å². The number of halogens is 1. The van der Waals surface area contributed by atoms with Crippen LogP contribution < -0.4 is 0 Å². The zero-order chi connectivity index (χ0) is 20.5. The maximum absolute atomic E-state index is 13.2. The van der Waals surface area contributed by atoms with Crippen molar-refractivity contribution in [1.82, 2.24) is 4.98 Å². The van der Waals surface area contributed by atoms with Crippen molar-refractivity contribution in [1.29, 1.82) is 0 Å². The summed E-state index contributed by atoms with van der Waals surface area (Å²) in [6, 6.07) is 14.0. The molecule has 1 aliphatic carbocycles. The largest absolute Gasteiger partial charge is 0.456 e. The van der Waals surface area contributed by atoms with Gasteiger partial charge in [0.1, 0.15) is 18.1 Å². The van der Waals surface area contributed by atoms with Gasteiger partial charge in [0.05, 0.1) is 0 Å². The Kier molecular flexibility index (Phi) is 5.05. The van der Waals surface area contributed by atoms with Crippen LogP contribution in [0.4, 0.5) is 4.39 Å². The highest BCUT2D eigenvalue weighted by Crippen LogP contribution is 2.35. The van der Waals surface area contributed by atoms with E-state index in [1.165, 1.54) is 12.1 Å². The van der Waals surface area contributed by atoms with E-state index in [2.05, 4.69) is 4.98 Å². The normalized spacial score (nSPS) is 15.8. The van der Waals surface area contributed by atoms with Crippen LogP contribution in [0.25, 0.3) is 0 Å². The molecule has 0 radical (unpaired) electrons. The first-order valence-corrected chi connectivity index (χ1v) is 9.65. The van der Waals surface area contributed by atoms with Crippen molar-refractivity contribution < 1.29 is 18.7 Å². The fraction of sp³-hybridized carbons (Fsp3) is 0.250. The van der Waals surface area contributed by atoms with E-state index in [1.54, 1.807) is 19.1 Å². The lowest BCUT2D eigenvalue weighted by molar-refractivity contribution is 0.0465. The number of hydrogen-bond donors (Lipinski definition) is 1. The molecule has 148 valence electrons. The summed E-state index contributed by atoms with van der Waals surface area (Å²) in [5.74, 6) is -0.813. The van der Waals surface area contributed by atoms with Crippen LogP contribution in [0.3, 0.4) is 0 Å². The average Bonchev–Trinajstić information content (AvgIpc) is 3.05. The Morgan fingerprint density at radius 1 is 1.07 bits per heavy atom. The Morgan fingerprint density at radius 2 is 1.76 bits per heavy atom. The van der Waals surface area contributed by atoms with Crippen LogP contribution in [-0.4, -0.2) is 16.7 Å². The number of carbonyl (C=O) groups excluding carboxylic acids is 2. The highest BCUT2D eigenvalue weighted by molar-refractivity contribution is 6.03. The van der Waals surface area contributed by atoms with Crippen LogP contribution in [0.15, 0.2) is 48.5 Å². The molecular weight excluding hydrogens is 369 g/mol. The second-order valence-electron chi connectivity index (χ2n) is 7.62. The third-order valence-electron chi connectivity index (χ3n) is 5.52. The van der Waals surface area contributed by atoms with Gasteiger partial charge in [0.25, 0.3) is 0 Å². The van der Waals surface area contributed by atoms with Crippen molar-refractivity contribution in [3.05, 3.63) is 93.6 Å². The number of esters is 1. The zero-order valence-corrected chi connectivity index (χ0v) is 16.4. The molecule has 0 bridgehead atoms. The van der Waals surface area contributed by atoms with Crippen molar-refractivity contribution >= 4 is 11.8 Å². The standard InChI is InChI=1S/C24H22FNO3/c1-14-3-5-16(6-4-14)13-29-24(28)23-15(2)22-20(26-23)11-18(12-21(22)27)17-7-9-19(25)10-8-17/h3-10,18,26H,11-13H2,1-2H3. The third kappa shape index (κ3) is 3.86. The number of hydrogen-bond acceptors (Lipinski definition) is 3. The van der Waals surface area contributed by atoms with Gasteiger partial charge in [-0.1, -0.05) is 42.0 Å². The molecule has 5 heteroatoms. The minimum atomic E-state index is -0.469.